The van der Waals surface area contributed by atoms with Crippen molar-refractivity contribution in [2.75, 3.05) is 20.8 Å². The van der Waals surface area contributed by atoms with Crippen LogP contribution < -0.4 is 14.8 Å². The number of rotatable bonds is 8. The largest absolute Gasteiger partial charge is 0.497 e. The molecule has 22 heavy (non-hydrogen) atoms. The summed E-state index contributed by atoms with van der Waals surface area (Å²) in [6.07, 6.45) is 0.670. The van der Waals surface area contributed by atoms with Crippen LogP contribution >= 0.6 is 0 Å². The number of amides is 1. The standard InChI is InChI=1S/C16H23NO5/c1-11(2)17-15(18)10-22-16(19)6-5-12-7-13(20-3)9-14(8-12)21-4/h7-9,11H,5-6,10H2,1-4H3,(H,17,18). The van der Waals surface area contributed by atoms with Gasteiger partial charge in [0.2, 0.25) is 0 Å². The molecule has 0 aliphatic carbocycles. The molecule has 0 saturated heterocycles. The minimum absolute atomic E-state index is 0.0236. The lowest BCUT2D eigenvalue weighted by Gasteiger charge is -2.10. The SMILES string of the molecule is COc1cc(CCC(=O)OCC(=O)NC(C)C)cc(OC)c1. The second-order valence-electron chi connectivity index (χ2n) is 5.10. The maximum atomic E-state index is 11.7. The number of carbonyl (C=O) groups excluding carboxylic acids is 2. The topological polar surface area (TPSA) is 73.9 Å². The molecule has 1 aromatic carbocycles. The number of esters is 1. The van der Waals surface area contributed by atoms with Crippen LogP contribution in [0, 0.1) is 0 Å². The zero-order valence-electron chi connectivity index (χ0n) is 13.5. The van der Waals surface area contributed by atoms with Crippen molar-refractivity contribution in [3.63, 3.8) is 0 Å². The number of hydrogen-bond acceptors (Lipinski definition) is 5. The van der Waals surface area contributed by atoms with Crippen molar-refractivity contribution in [3.05, 3.63) is 23.8 Å². The maximum absolute atomic E-state index is 11.7. The lowest BCUT2D eigenvalue weighted by molar-refractivity contribution is -0.148. The van der Waals surface area contributed by atoms with E-state index in [1.165, 1.54) is 0 Å². The van der Waals surface area contributed by atoms with Crippen molar-refractivity contribution < 1.29 is 23.8 Å². The van der Waals surface area contributed by atoms with Gasteiger partial charge in [-0.15, -0.1) is 0 Å². The summed E-state index contributed by atoms with van der Waals surface area (Å²) in [5, 5.41) is 2.65. The monoisotopic (exact) mass is 309 g/mol. The highest BCUT2D eigenvalue weighted by Crippen LogP contribution is 2.23. The summed E-state index contributed by atoms with van der Waals surface area (Å²) in [6, 6.07) is 5.45. The third kappa shape index (κ3) is 6.47. The first-order valence-electron chi connectivity index (χ1n) is 7.11. The van der Waals surface area contributed by atoms with Crippen LogP contribution in [0.2, 0.25) is 0 Å². The fourth-order valence-corrected chi connectivity index (χ4v) is 1.84. The second kappa shape index (κ2) is 8.92. The molecular weight excluding hydrogens is 286 g/mol. The van der Waals surface area contributed by atoms with Gasteiger partial charge in [0.1, 0.15) is 11.5 Å². The van der Waals surface area contributed by atoms with E-state index in [-0.39, 0.29) is 25.0 Å². The van der Waals surface area contributed by atoms with Gasteiger partial charge in [-0.1, -0.05) is 0 Å². The van der Waals surface area contributed by atoms with Gasteiger partial charge in [-0.05, 0) is 38.0 Å². The average molecular weight is 309 g/mol. The average Bonchev–Trinajstić information content (AvgIpc) is 2.49. The van der Waals surface area contributed by atoms with Crippen molar-refractivity contribution in [3.8, 4) is 11.5 Å². The molecule has 0 aromatic heterocycles. The number of ether oxygens (including phenoxy) is 3. The Labute approximate surface area is 130 Å². The van der Waals surface area contributed by atoms with Crippen molar-refractivity contribution in [1.29, 1.82) is 0 Å². The number of aryl methyl sites for hydroxylation is 1. The molecule has 1 rings (SSSR count). The Morgan fingerprint density at radius 3 is 2.18 bits per heavy atom. The predicted octanol–water partition coefficient (Wildman–Crippen LogP) is 1.70. The van der Waals surface area contributed by atoms with Gasteiger partial charge in [0.25, 0.3) is 5.91 Å². The summed E-state index contributed by atoms with van der Waals surface area (Å²) in [5.74, 6) is 0.616. The van der Waals surface area contributed by atoms with E-state index < -0.39 is 5.97 Å². The molecule has 0 fully saturated rings. The Morgan fingerprint density at radius 1 is 1.09 bits per heavy atom. The summed E-state index contributed by atoms with van der Waals surface area (Å²) in [6.45, 7) is 3.43. The Bertz CT molecular complexity index is 491. The summed E-state index contributed by atoms with van der Waals surface area (Å²) in [4.78, 5) is 23.0. The lowest BCUT2D eigenvalue weighted by Crippen LogP contribution is -2.34. The third-order valence-corrected chi connectivity index (χ3v) is 2.84. The molecule has 6 nitrogen and oxygen atoms in total. The molecule has 1 amide bonds. The van der Waals surface area contributed by atoms with E-state index >= 15 is 0 Å². The normalized spacial score (nSPS) is 10.2. The van der Waals surface area contributed by atoms with E-state index in [0.717, 1.165) is 5.56 Å². The highest BCUT2D eigenvalue weighted by atomic mass is 16.5. The summed E-state index contributed by atoms with van der Waals surface area (Å²) < 4.78 is 15.3. The van der Waals surface area contributed by atoms with E-state index in [1.54, 1.807) is 20.3 Å². The van der Waals surface area contributed by atoms with Gasteiger partial charge in [-0.2, -0.15) is 0 Å². The van der Waals surface area contributed by atoms with Gasteiger partial charge < -0.3 is 19.5 Å². The van der Waals surface area contributed by atoms with Crippen molar-refractivity contribution in [2.24, 2.45) is 0 Å². The van der Waals surface area contributed by atoms with Gasteiger partial charge in [-0.25, -0.2) is 0 Å². The molecule has 0 unspecified atom stereocenters. The molecule has 0 bridgehead atoms. The quantitative estimate of drug-likeness (QED) is 0.740. The number of carbonyl (C=O) groups is 2. The van der Waals surface area contributed by atoms with Gasteiger partial charge in [-0.3, -0.25) is 9.59 Å². The molecule has 6 heteroatoms. The Kier molecular flexibility index (Phi) is 7.22. The summed E-state index contributed by atoms with van der Waals surface area (Å²) in [5.41, 5.74) is 0.903. The van der Waals surface area contributed by atoms with Crippen LogP contribution in [0.5, 0.6) is 11.5 Å². The van der Waals surface area contributed by atoms with Gasteiger partial charge in [0, 0.05) is 18.5 Å². The number of benzene rings is 1. The highest BCUT2D eigenvalue weighted by molar-refractivity contribution is 5.80. The van der Waals surface area contributed by atoms with Crippen LogP contribution in [0.25, 0.3) is 0 Å². The van der Waals surface area contributed by atoms with Crippen LogP contribution in [-0.2, 0) is 20.7 Å². The summed E-state index contributed by atoms with van der Waals surface area (Å²) in [7, 11) is 3.14. The Hall–Kier alpha value is -2.24. The minimum Gasteiger partial charge on any atom is -0.497 e. The van der Waals surface area contributed by atoms with Crippen molar-refractivity contribution in [2.45, 2.75) is 32.7 Å². The molecule has 0 radical (unpaired) electrons. The van der Waals surface area contributed by atoms with Crippen LogP contribution in [0.4, 0.5) is 0 Å². The van der Waals surface area contributed by atoms with Gasteiger partial charge >= 0.3 is 5.97 Å². The smallest absolute Gasteiger partial charge is 0.306 e. The molecule has 0 saturated carbocycles. The van der Waals surface area contributed by atoms with E-state index in [9.17, 15) is 9.59 Å². The second-order valence-corrected chi connectivity index (χ2v) is 5.10. The Balaban J connectivity index is 2.45. The predicted molar refractivity (Wildman–Crippen MR) is 82.1 cm³/mol. The molecule has 0 atom stereocenters. The fraction of sp³-hybridized carbons (Fsp3) is 0.500. The third-order valence-electron chi connectivity index (χ3n) is 2.84. The molecular formula is C16H23NO5. The van der Waals surface area contributed by atoms with Crippen LogP contribution in [0.15, 0.2) is 18.2 Å². The first kappa shape index (κ1) is 17.8. The van der Waals surface area contributed by atoms with Gasteiger partial charge in [0.15, 0.2) is 6.61 Å². The van der Waals surface area contributed by atoms with E-state index in [4.69, 9.17) is 14.2 Å². The first-order valence-corrected chi connectivity index (χ1v) is 7.11. The van der Waals surface area contributed by atoms with Crippen LogP contribution in [0.1, 0.15) is 25.8 Å². The highest BCUT2D eigenvalue weighted by Gasteiger charge is 2.10. The van der Waals surface area contributed by atoms with Gasteiger partial charge in [0.05, 0.1) is 14.2 Å². The first-order chi connectivity index (χ1) is 10.4. The number of nitrogens with one attached hydrogen (secondary N) is 1. The Morgan fingerprint density at radius 2 is 1.68 bits per heavy atom. The number of methoxy groups -OCH3 is 2. The van der Waals surface area contributed by atoms with E-state index in [0.29, 0.717) is 17.9 Å². The molecule has 0 heterocycles. The number of hydrogen-bond donors (Lipinski definition) is 1. The van der Waals surface area contributed by atoms with Crippen molar-refractivity contribution in [1.82, 2.24) is 5.32 Å². The van der Waals surface area contributed by atoms with Crippen LogP contribution in [-0.4, -0.2) is 38.7 Å². The fourth-order valence-electron chi connectivity index (χ4n) is 1.84. The molecule has 0 aliphatic rings. The zero-order chi connectivity index (χ0) is 16.5. The molecule has 0 spiro atoms. The molecule has 0 aliphatic heterocycles. The summed E-state index contributed by atoms with van der Waals surface area (Å²) >= 11 is 0. The van der Waals surface area contributed by atoms with E-state index in [1.807, 2.05) is 26.0 Å². The molecule has 1 N–H and O–H groups in total. The lowest BCUT2D eigenvalue weighted by atomic mass is 10.1. The molecule has 122 valence electrons. The minimum atomic E-state index is -0.416. The molecule has 1 aromatic rings. The van der Waals surface area contributed by atoms with Crippen LogP contribution in [0.3, 0.4) is 0 Å². The van der Waals surface area contributed by atoms with E-state index in [2.05, 4.69) is 5.32 Å². The van der Waals surface area contributed by atoms with Crippen molar-refractivity contribution >= 4 is 11.9 Å². The maximum Gasteiger partial charge on any atom is 0.306 e. The zero-order valence-corrected chi connectivity index (χ0v) is 13.5.